The van der Waals surface area contributed by atoms with E-state index < -0.39 is 0 Å². The lowest BCUT2D eigenvalue weighted by Gasteiger charge is -2.37. The van der Waals surface area contributed by atoms with Gasteiger partial charge in [-0.05, 0) is 78.7 Å². The van der Waals surface area contributed by atoms with Gasteiger partial charge < -0.3 is 19.9 Å². The third-order valence-corrected chi connectivity index (χ3v) is 8.12. The molecule has 3 aromatic rings. The molecule has 1 N–H and O–H groups in total. The first-order valence-corrected chi connectivity index (χ1v) is 14.0. The summed E-state index contributed by atoms with van der Waals surface area (Å²) in [4.78, 5) is 33.4. The van der Waals surface area contributed by atoms with Gasteiger partial charge in [-0.15, -0.1) is 11.3 Å². The molecule has 38 heavy (non-hydrogen) atoms. The standard InChI is InChI=1S/C29H33FN4O3S/c1-2-37-24-9-7-23(8-10-24)31-29(36)33-14-4-13-32(16-17-33)27(35)20-34-15-11-26-25(12-18-38-26)28(34)21-5-3-6-22(30)19-21/h3,5-10,12,18-19,28H,2,4,11,13-17,20H2,1H3,(H,31,36)/t28-/m0/s1. The normalized spacial score (nSPS) is 18.0. The van der Waals surface area contributed by atoms with Crippen LogP contribution in [0.3, 0.4) is 0 Å². The molecule has 1 fully saturated rings. The Morgan fingerprint density at radius 2 is 1.82 bits per heavy atom. The Labute approximate surface area is 226 Å². The largest absolute Gasteiger partial charge is 0.494 e. The van der Waals surface area contributed by atoms with Crippen LogP contribution in [0.1, 0.15) is 35.4 Å². The molecule has 1 atom stereocenters. The van der Waals surface area contributed by atoms with E-state index in [1.54, 1.807) is 28.4 Å². The Hall–Kier alpha value is -3.43. The number of carbonyl (C=O) groups excluding carboxylic acids is 2. The number of thiophene rings is 1. The van der Waals surface area contributed by atoms with Crippen molar-refractivity contribution in [2.24, 2.45) is 0 Å². The van der Waals surface area contributed by atoms with Crippen molar-refractivity contribution >= 4 is 29.0 Å². The number of amides is 3. The van der Waals surface area contributed by atoms with Crippen molar-refractivity contribution in [2.75, 3.05) is 51.2 Å². The Kier molecular flexibility index (Phi) is 8.24. The average Bonchev–Trinajstić information content (AvgIpc) is 3.25. The number of hydrogen-bond donors (Lipinski definition) is 1. The number of nitrogens with zero attached hydrogens (tertiary/aromatic N) is 3. The van der Waals surface area contributed by atoms with Crippen LogP contribution in [0.2, 0.25) is 0 Å². The highest BCUT2D eigenvalue weighted by Crippen LogP contribution is 2.37. The summed E-state index contributed by atoms with van der Waals surface area (Å²) < 4.78 is 19.6. The van der Waals surface area contributed by atoms with Crippen LogP contribution in [0, 0.1) is 5.82 Å². The number of ether oxygens (including phenoxy) is 1. The summed E-state index contributed by atoms with van der Waals surface area (Å²) in [5.41, 5.74) is 2.73. The van der Waals surface area contributed by atoms with Crippen LogP contribution in [0.4, 0.5) is 14.9 Å². The third kappa shape index (κ3) is 6.00. The van der Waals surface area contributed by atoms with Crippen LogP contribution in [-0.2, 0) is 11.2 Å². The zero-order valence-electron chi connectivity index (χ0n) is 21.6. The van der Waals surface area contributed by atoms with Crippen molar-refractivity contribution in [3.63, 3.8) is 0 Å². The maximum absolute atomic E-state index is 14.1. The second-order valence-electron chi connectivity index (χ2n) is 9.59. The maximum Gasteiger partial charge on any atom is 0.321 e. The molecule has 0 saturated carbocycles. The minimum atomic E-state index is -0.271. The molecule has 7 nitrogen and oxygen atoms in total. The number of rotatable bonds is 6. The van der Waals surface area contributed by atoms with Crippen LogP contribution in [0.5, 0.6) is 5.75 Å². The van der Waals surface area contributed by atoms with Gasteiger partial charge in [0.25, 0.3) is 0 Å². The smallest absolute Gasteiger partial charge is 0.321 e. The van der Waals surface area contributed by atoms with Gasteiger partial charge >= 0.3 is 6.03 Å². The number of hydrogen-bond acceptors (Lipinski definition) is 5. The predicted molar refractivity (Wildman–Crippen MR) is 147 cm³/mol. The number of anilines is 1. The molecule has 2 aliphatic rings. The van der Waals surface area contributed by atoms with Gasteiger partial charge in [-0.3, -0.25) is 9.69 Å². The average molecular weight is 537 g/mol. The Morgan fingerprint density at radius 3 is 2.61 bits per heavy atom. The van der Waals surface area contributed by atoms with Crippen LogP contribution < -0.4 is 10.1 Å². The molecule has 0 radical (unpaired) electrons. The maximum atomic E-state index is 14.1. The number of fused-ring (bicyclic) bond motifs is 1. The molecule has 200 valence electrons. The van der Waals surface area contributed by atoms with Gasteiger partial charge in [0.2, 0.25) is 5.91 Å². The van der Waals surface area contributed by atoms with Crippen molar-refractivity contribution in [1.29, 1.82) is 0 Å². The first kappa shape index (κ1) is 26.2. The molecule has 1 aromatic heterocycles. The van der Waals surface area contributed by atoms with Gasteiger partial charge in [0.1, 0.15) is 11.6 Å². The summed E-state index contributed by atoms with van der Waals surface area (Å²) in [5, 5.41) is 5.02. The van der Waals surface area contributed by atoms with Crippen LogP contribution in [0.15, 0.2) is 60.0 Å². The molecular weight excluding hydrogens is 503 g/mol. The first-order chi connectivity index (χ1) is 18.5. The van der Waals surface area contributed by atoms with E-state index in [4.69, 9.17) is 4.74 Å². The Balaban J connectivity index is 1.20. The van der Waals surface area contributed by atoms with E-state index >= 15 is 0 Å². The van der Waals surface area contributed by atoms with E-state index in [9.17, 15) is 14.0 Å². The third-order valence-electron chi connectivity index (χ3n) is 7.12. The molecule has 9 heteroatoms. The van der Waals surface area contributed by atoms with Crippen LogP contribution >= 0.6 is 11.3 Å². The Morgan fingerprint density at radius 1 is 1.03 bits per heavy atom. The van der Waals surface area contributed by atoms with Gasteiger partial charge in [0, 0.05) is 43.3 Å². The molecule has 1 saturated heterocycles. The molecule has 0 unspecified atom stereocenters. The number of benzene rings is 2. The molecule has 2 aliphatic heterocycles. The van der Waals surface area contributed by atoms with Gasteiger partial charge in [-0.25, -0.2) is 9.18 Å². The number of nitrogens with one attached hydrogen (secondary N) is 1. The fourth-order valence-electron chi connectivity index (χ4n) is 5.25. The summed E-state index contributed by atoms with van der Waals surface area (Å²) in [5.74, 6) is 0.532. The predicted octanol–water partition coefficient (Wildman–Crippen LogP) is 5.00. The highest BCUT2D eigenvalue weighted by atomic mass is 32.1. The fourth-order valence-corrected chi connectivity index (χ4v) is 6.16. The monoisotopic (exact) mass is 536 g/mol. The van der Waals surface area contributed by atoms with E-state index in [2.05, 4.69) is 21.7 Å². The summed E-state index contributed by atoms with van der Waals surface area (Å²) >= 11 is 1.72. The van der Waals surface area contributed by atoms with Crippen molar-refractivity contribution < 1.29 is 18.7 Å². The van der Waals surface area contributed by atoms with Crippen molar-refractivity contribution in [3.8, 4) is 5.75 Å². The minimum Gasteiger partial charge on any atom is -0.494 e. The molecule has 0 aliphatic carbocycles. The Bertz CT molecular complexity index is 1260. The summed E-state index contributed by atoms with van der Waals surface area (Å²) in [6.45, 7) is 5.66. The lowest BCUT2D eigenvalue weighted by molar-refractivity contribution is -0.132. The highest BCUT2D eigenvalue weighted by Gasteiger charge is 2.32. The van der Waals surface area contributed by atoms with E-state index in [-0.39, 0.29) is 30.3 Å². The molecule has 0 bridgehead atoms. The quantitative estimate of drug-likeness (QED) is 0.482. The van der Waals surface area contributed by atoms with E-state index in [0.29, 0.717) is 44.9 Å². The van der Waals surface area contributed by atoms with E-state index in [0.717, 1.165) is 29.8 Å². The summed E-state index contributed by atoms with van der Waals surface area (Å²) in [6, 6.07) is 15.8. The molecule has 0 spiro atoms. The van der Waals surface area contributed by atoms with Crippen molar-refractivity contribution in [2.45, 2.75) is 25.8 Å². The SMILES string of the molecule is CCOc1ccc(NC(=O)N2CCCN(C(=O)CN3CCc4sccc4[C@@H]3c3cccc(F)c3)CC2)cc1. The zero-order valence-corrected chi connectivity index (χ0v) is 22.4. The second kappa shape index (κ2) is 12.0. The van der Waals surface area contributed by atoms with Crippen molar-refractivity contribution in [3.05, 3.63) is 81.8 Å². The lowest BCUT2D eigenvalue weighted by Crippen LogP contribution is -2.45. The fraction of sp³-hybridized carbons (Fsp3) is 0.379. The lowest BCUT2D eigenvalue weighted by atomic mass is 9.93. The van der Waals surface area contributed by atoms with Crippen LogP contribution in [0.25, 0.3) is 0 Å². The van der Waals surface area contributed by atoms with Crippen molar-refractivity contribution in [1.82, 2.24) is 14.7 Å². The summed E-state index contributed by atoms with van der Waals surface area (Å²) in [7, 11) is 0. The molecule has 3 heterocycles. The van der Waals surface area contributed by atoms with Crippen LogP contribution in [-0.4, -0.2) is 72.5 Å². The highest BCUT2D eigenvalue weighted by molar-refractivity contribution is 7.10. The van der Waals surface area contributed by atoms with Gasteiger partial charge in [0.15, 0.2) is 0 Å². The molecular formula is C29H33FN4O3S. The zero-order chi connectivity index (χ0) is 26.5. The summed E-state index contributed by atoms with van der Waals surface area (Å²) in [6.07, 6.45) is 1.59. The minimum absolute atomic E-state index is 0.0406. The first-order valence-electron chi connectivity index (χ1n) is 13.1. The molecule has 5 rings (SSSR count). The van der Waals surface area contributed by atoms with Gasteiger partial charge in [0.05, 0.1) is 19.2 Å². The topological polar surface area (TPSA) is 65.1 Å². The van der Waals surface area contributed by atoms with Gasteiger partial charge in [-0.2, -0.15) is 0 Å². The molecule has 3 amide bonds. The van der Waals surface area contributed by atoms with Gasteiger partial charge in [-0.1, -0.05) is 12.1 Å². The second-order valence-corrected chi connectivity index (χ2v) is 10.6. The van der Waals surface area contributed by atoms with E-state index in [1.807, 2.05) is 42.2 Å². The molecule has 2 aromatic carbocycles. The van der Waals surface area contributed by atoms with E-state index in [1.165, 1.54) is 10.9 Å². The number of halogens is 1. The number of urea groups is 1. The number of carbonyl (C=O) groups is 2.